The van der Waals surface area contributed by atoms with Crippen LogP contribution in [-0.4, -0.2) is 30.8 Å². The zero-order valence-electron chi connectivity index (χ0n) is 11.0. The second-order valence-corrected chi connectivity index (χ2v) is 4.72. The first-order valence-corrected chi connectivity index (χ1v) is 6.98. The Morgan fingerprint density at radius 3 is 2.58 bits per heavy atom. The molecule has 0 saturated heterocycles. The average Bonchev–Trinajstić information content (AvgIpc) is 2.41. The molecule has 0 unspecified atom stereocenters. The number of nitrogens with one attached hydrogen (secondary N) is 2. The number of hydrogen-bond acceptors (Lipinski definition) is 2. The maximum atomic E-state index is 11.4. The van der Waals surface area contributed by atoms with E-state index < -0.39 is 0 Å². The highest BCUT2D eigenvalue weighted by Gasteiger charge is 2.01. The van der Waals surface area contributed by atoms with Crippen molar-refractivity contribution in [3.05, 3.63) is 34.9 Å². The van der Waals surface area contributed by atoms with Crippen LogP contribution in [0.2, 0.25) is 5.02 Å². The lowest BCUT2D eigenvalue weighted by Crippen LogP contribution is -2.37. The van der Waals surface area contributed by atoms with Crippen molar-refractivity contribution in [2.24, 2.45) is 0 Å². The van der Waals surface area contributed by atoms with Crippen LogP contribution < -0.4 is 10.6 Å². The van der Waals surface area contributed by atoms with Gasteiger partial charge in [-0.25, -0.2) is 4.79 Å². The van der Waals surface area contributed by atoms with Crippen LogP contribution in [0.25, 0.3) is 0 Å². The lowest BCUT2D eigenvalue weighted by atomic mass is 10.1. The van der Waals surface area contributed by atoms with Gasteiger partial charge in [-0.2, -0.15) is 0 Å². The summed E-state index contributed by atoms with van der Waals surface area (Å²) in [6.45, 7) is 1.41. The third-order valence-corrected chi connectivity index (χ3v) is 3.13. The first-order valence-electron chi connectivity index (χ1n) is 6.60. The fourth-order valence-corrected chi connectivity index (χ4v) is 1.92. The van der Waals surface area contributed by atoms with Crippen LogP contribution in [0.5, 0.6) is 0 Å². The second kappa shape index (κ2) is 9.64. The van der Waals surface area contributed by atoms with E-state index in [4.69, 9.17) is 16.7 Å². The smallest absolute Gasteiger partial charge is 0.314 e. The highest BCUT2D eigenvalue weighted by atomic mass is 35.5. The van der Waals surface area contributed by atoms with Crippen LogP contribution in [-0.2, 0) is 6.42 Å². The fourth-order valence-electron chi connectivity index (χ4n) is 1.69. The van der Waals surface area contributed by atoms with Crippen molar-refractivity contribution in [2.75, 3.05) is 19.7 Å². The molecule has 1 rings (SSSR count). The van der Waals surface area contributed by atoms with Crippen molar-refractivity contribution in [3.8, 4) is 0 Å². The summed E-state index contributed by atoms with van der Waals surface area (Å²) in [5.74, 6) is 0. The monoisotopic (exact) mass is 284 g/mol. The van der Waals surface area contributed by atoms with Gasteiger partial charge >= 0.3 is 6.03 Å². The third-order valence-electron chi connectivity index (χ3n) is 2.76. The minimum Gasteiger partial charge on any atom is -0.396 e. The van der Waals surface area contributed by atoms with Gasteiger partial charge in [0.1, 0.15) is 0 Å². The molecule has 0 aliphatic rings. The van der Waals surface area contributed by atoms with Crippen LogP contribution in [0.15, 0.2) is 24.3 Å². The lowest BCUT2D eigenvalue weighted by molar-refractivity contribution is 0.240. The number of hydrogen-bond donors (Lipinski definition) is 3. The minimum atomic E-state index is -0.156. The molecule has 0 atom stereocenters. The number of carbonyl (C=O) groups excluding carboxylic acids is 1. The van der Waals surface area contributed by atoms with Gasteiger partial charge in [0, 0.05) is 24.7 Å². The maximum Gasteiger partial charge on any atom is 0.314 e. The Labute approximate surface area is 119 Å². The molecular weight excluding hydrogens is 264 g/mol. The van der Waals surface area contributed by atoms with Crippen LogP contribution in [0.1, 0.15) is 24.8 Å². The van der Waals surface area contributed by atoms with Crippen LogP contribution in [0, 0.1) is 0 Å². The Morgan fingerprint density at radius 2 is 1.84 bits per heavy atom. The Balaban J connectivity index is 2.09. The normalized spacial score (nSPS) is 10.2. The van der Waals surface area contributed by atoms with E-state index in [1.165, 1.54) is 0 Å². The van der Waals surface area contributed by atoms with E-state index in [0.717, 1.165) is 36.3 Å². The number of halogens is 1. The second-order valence-electron chi connectivity index (χ2n) is 4.31. The molecule has 0 heterocycles. The summed E-state index contributed by atoms with van der Waals surface area (Å²) in [6.07, 6.45) is 3.32. The number of carbonyl (C=O) groups is 1. The van der Waals surface area contributed by atoms with Gasteiger partial charge in [-0.05, 0) is 37.3 Å². The molecule has 0 spiro atoms. The predicted molar refractivity (Wildman–Crippen MR) is 77.5 cm³/mol. The van der Waals surface area contributed by atoms with E-state index in [0.29, 0.717) is 13.1 Å². The molecular formula is C14H21ClN2O2. The van der Waals surface area contributed by atoms with E-state index in [2.05, 4.69) is 10.6 Å². The highest BCUT2D eigenvalue weighted by Crippen LogP contribution is 2.14. The van der Waals surface area contributed by atoms with Gasteiger partial charge < -0.3 is 15.7 Å². The van der Waals surface area contributed by atoms with Gasteiger partial charge in [-0.1, -0.05) is 29.8 Å². The number of unbranched alkanes of at least 4 members (excludes halogenated alkanes) is 2. The minimum absolute atomic E-state index is 0.156. The van der Waals surface area contributed by atoms with E-state index >= 15 is 0 Å². The number of amides is 2. The first kappa shape index (κ1) is 15.8. The van der Waals surface area contributed by atoms with E-state index in [1.807, 2.05) is 24.3 Å². The van der Waals surface area contributed by atoms with Crippen molar-refractivity contribution in [1.82, 2.24) is 10.6 Å². The van der Waals surface area contributed by atoms with Crippen molar-refractivity contribution in [1.29, 1.82) is 0 Å². The molecule has 0 saturated carbocycles. The molecule has 5 heteroatoms. The summed E-state index contributed by atoms with van der Waals surface area (Å²) in [5.41, 5.74) is 1.03. The van der Waals surface area contributed by atoms with E-state index in [1.54, 1.807) is 0 Å². The molecule has 2 amide bonds. The Kier molecular flexibility index (Phi) is 8.02. The number of benzene rings is 1. The highest BCUT2D eigenvalue weighted by molar-refractivity contribution is 6.31. The van der Waals surface area contributed by atoms with Crippen molar-refractivity contribution in [3.63, 3.8) is 0 Å². The molecule has 0 aromatic heterocycles. The Hall–Kier alpha value is -1.26. The van der Waals surface area contributed by atoms with Crippen LogP contribution >= 0.6 is 11.6 Å². The molecule has 0 aliphatic carbocycles. The van der Waals surface area contributed by atoms with Crippen molar-refractivity contribution < 1.29 is 9.90 Å². The molecule has 106 valence electrons. The summed E-state index contributed by atoms with van der Waals surface area (Å²) >= 11 is 6.02. The summed E-state index contributed by atoms with van der Waals surface area (Å²) < 4.78 is 0. The van der Waals surface area contributed by atoms with Gasteiger partial charge in [-0.15, -0.1) is 0 Å². The summed E-state index contributed by atoms with van der Waals surface area (Å²) in [4.78, 5) is 11.4. The van der Waals surface area contributed by atoms with Gasteiger partial charge in [0.25, 0.3) is 0 Å². The predicted octanol–water partition coefficient (Wildman–Crippen LogP) is 2.34. The molecule has 1 aromatic rings. The van der Waals surface area contributed by atoms with Gasteiger partial charge in [-0.3, -0.25) is 0 Å². The lowest BCUT2D eigenvalue weighted by Gasteiger charge is -2.08. The van der Waals surface area contributed by atoms with Gasteiger partial charge in [0.15, 0.2) is 0 Å². The Morgan fingerprint density at radius 1 is 1.11 bits per heavy atom. The molecule has 3 N–H and O–H groups in total. The molecule has 19 heavy (non-hydrogen) atoms. The van der Waals surface area contributed by atoms with Crippen LogP contribution in [0.3, 0.4) is 0 Å². The number of aliphatic hydroxyl groups excluding tert-OH is 1. The van der Waals surface area contributed by atoms with Gasteiger partial charge in [0.2, 0.25) is 0 Å². The SMILES string of the molecule is O=C(NCCCCCO)NCCc1ccccc1Cl. The zero-order chi connectivity index (χ0) is 13.9. The molecule has 0 radical (unpaired) electrons. The number of aliphatic hydroxyl groups is 1. The summed E-state index contributed by atoms with van der Waals surface area (Å²) in [7, 11) is 0. The average molecular weight is 285 g/mol. The van der Waals surface area contributed by atoms with Crippen molar-refractivity contribution >= 4 is 17.6 Å². The fraction of sp³-hybridized carbons (Fsp3) is 0.500. The van der Waals surface area contributed by atoms with Crippen molar-refractivity contribution in [2.45, 2.75) is 25.7 Å². The quantitative estimate of drug-likeness (QED) is 0.642. The van der Waals surface area contributed by atoms with Crippen LogP contribution in [0.4, 0.5) is 4.79 Å². The molecule has 1 aromatic carbocycles. The molecule has 0 aliphatic heterocycles. The van der Waals surface area contributed by atoms with E-state index in [-0.39, 0.29) is 12.6 Å². The maximum absolute atomic E-state index is 11.4. The van der Waals surface area contributed by atoms with E-state index in [9.17, 15) is 4.79 Å². The first-order chi connectivity index (χ1) is 9.24. The molecule has 0 bridgehead atoms. The molecule has 4 nitrogen and oxygen atoms in total. The topological polar surface area (TPSA) is 61.4 Å². The number of rotatable bonds is 8. The molecule has 0 fully saturated rings. The Bertz CT molecular complexity index is 385. The largest absolute Gasteiger partial charge is 0.396 e. The van der Waals surface area contributed by atoms with Gasteiger partial charge in [0.05, 0.1) is 0 Å². The standard InChI is InChI=1S/C14H21ClN2O2/c15-13-7-3-2-6-12(13)8-10-17-14(19)16-9-4-1-5-11-18/h2-3,6-7,18H,1,4-5,8-11H2,(H2,16,17,19). The zero-order valence-corrected chi connectivity index (χ0v) is 11.7. The third kappa shape index (κ3) is 7.03. The summed E-state index contributed by atoms with van der Waals surface area (Å²) in [6, 6.07) is 7.46. The number of urea groups is 1. The summed E-state index contributed by atoms with van der Waals surface area (Å²) in [5, 5.41) is 14.9.